The molecule has 1 unspecified atom stereocenters. The number of benzene rings is 2. The van der Waals surface area contributed by atoms with Crippen molar-refractivity contribution in [3.05, 3.63) is 83.9 Å². The van der Waals surface area contributed by atoms with Crippen molar-refractivity contribution in [3.63, 3.8) is 0 Å². The number of rotatable bonds is 6. The first-order valence-electron chi connectivity index (χ1n) is 9.88. The average molecular weight is 462 g/mol. The molecule has 1 aliphatic rings. The lowest BCUT2D eigenvalue weighted by atomic mass is 10.0. The predicted molar refractivity (Wildman–Crippen MR) is 108 cm³/mol. The Balaban J connectivity index is 1.57. The molecule has 1 aromatic heterocycles. The maximum atomic E-state index is 13.2. The quantitative estimate of drug-likeness (QED) is 0.482. The number of carbonyl (C=O) groups excluding carboxylic acids is 1. The first-order chi connectivity index (χ1) is 15.8. The third kappa shape index (κ3) is 5.78. The van der Waals surface area contributed by atoms with Crippen LogP contribution in [0.25, 0.3) is 0 Å². The molecule has 2 heterocycles. The van der Waals surface area contributed by atoms with Crippen LogP contribution in [0.4, 0.5) is 17.6 Å². The summed E-state index contributed by atoms with van der Waals surface area (Å²) >= 11 is 0. The van der Waals surface area contributed by atoms with Gasteiger partial charge in [0, 0.05) is 24.5 Å². The second-order valence-electron chi connectivity index (χ2n) is 7.21. The smallest absolute Gasteiger partial charge is 0.457 e. The number of aromatic nitrogens is 1. The number of halogens is 4. The van der Waals surface area contributed by atoms with Gasteiger partial charge in [-0.15, -0.1) is 13.2 Å². The van der Waals surface area contributed by atoms with Crippen LogP contribution >= 0.6 is 0 Å². The van der Waals surface area contributed by atoms with Crippen LogP contribution < -0.4 is 9.47 Å². The van der Waals surface area contributed by atoms with Gasteiger partial charge in [0.05, 0.1) is 12.6 Å². The van der Waals surface area contributed by atoms with Crippen LogP contribution in [0, 0.1) is 5.82 Å². The summed E-state index contributed by atoms with van der Waals surface area (Å²) in [5.41, 5.74) is 1.18. The van der Waals surface area contributed by atoms with E-state index in [9.17, 15) is 22.4 Å². The third-order valence-electron chi connectivity index (χ3n) is 4.92. The van der Waals surface area contributed by atoms with E-state index in [2.05, 4.69) is 9.72 Å². The van der Waals surface area contributed by atoms with Crippen molar-refractivity contribution >= 4 is 5.91 Å². The Labute approximate surface area is 186 Å². The van der Waals surface area contributed by atoms with E-state index in [1.807, 2.05) is 0 Å². The van der Waals surface area contributed by atoms with E-state index in [0.29, 0.717) is 22.6 Å². The molecule has 0 aliphatic carbocycles. The number of hydrogen-bond acceptors (Lipinski definition) is 5. The van der Waals surface area contributed by atoms with E-state index in [1.165, 1.54) is 54.7 Å². The molecule has 3 aromatic rings. The number of morpholine rings is 1. The summed E-state index contributed by atoms with van der Waals surface area (Å²) in [5, 5.41) is 0. The zero-order valence-corrected chi connectivity index (χ0v) is 17.1. The van der Waals surface area contributed by atoms with Crippen LogP contribution in [-0.4, -0.2) is 35.4 Å². The van der Waals surface area contributed by atoms with Crippen LogP contribution in [-0.2, 0) is 16.1 Å². The van der Waals surface area contributed by atoms with E-state index >= 15 is 0 Å². The fraction of sp³-hybridized carbons (Fsp3) is 0.217. The second kappa shape index (κ2) is 9.45. The van der Waals surface area contributed by atoms with Crippen LogP contribution in [0.3, 0.4) is 0 Å². The van der Waals surface area contributed by atoms with Gasteiger partial charge in [0.1, 0.15) is 29.7 Å². The van der Waals surface area contributed by atoms with Crippen molar-refractivity contribution in [2.75, 3.05) is 13.2 Å². The molecular weight excluding hydrogens is 444 g/mol. The number of ether oxygens (including phenoxy) is 3. The highest BCUT2D eigenvalue weighted by Crippen LogP contribution is 2.35. The lowest BCUT2D eigenvalue weighted by Gasteiger charge is -2.36. The molecule has 6 nitrogen and oxygen atoms in total. The first-order valence-corrected chi connectivity index (χ1v) is 9.88. The maximum absolute atomic E-state index is 13.2. The molecular formula is C23H18F4N2O4. The molecule has 1 amide bonds. The minimum Gasteiger partial charge on any atom is -0.457 e. The summed E-state index contributed by atoms with van der Waals surface area (Å²) in [6, 6.07) is 11.9. The van der Waals surface area contributed by atoms with Crippen molar-refractivity contribution in [2.45, 2.75) is 18.9 Å². The van der Waals surface area contributed by atoms with E-state index in [-0.39, 0.29) is 31.4 Å². The lowest BCUT2D eigenvalue weighted by Crippen LogP contribution is -2.43. The predicted octanol–water partition coefficient (Wildman–Crippen LogP) is 5.01. The monoisotopic (exact) mass is 462 g/mol. The number of carbonyl (C=O) groups is 1. The summed E-state index contributed by atoms with van der Waals surface area (Å²) in [5.74, 6) is -0.226. The zero-order valence-electron chi connectivity index (χ0n) is 17.1. The Bertz CT molecular complexity index is 1100. The Kier molecular flexibility index (Phi) is 6.45. The molecule has 0 radical (unpaired) electrons. The standard InChI is InChI=1S/C23H18F4N2O4/c24-16-3-7-17(8-4-16)32-21-9-10-28-11-19(21)20-13-31-14-22(30)29(20)12-15-1-5-18(6-2-15)33-23(25,26)27/h1-11,20H,12-14H2. The fourth-order valence-electron chi connectivity index (χ4n) is 3.42. The van der Waals surface area contributed by atoms with Gasteiger partial charge in [0.2, 0.25) is 5.91 Å². The Hall–Kier alpha value is -3.66. The van der Waals surface area contributed by atoms with Gasteiger partial charge in [0.25, 0.3) is 0 Å². The van der Waals surface area contributed by atoms with Crippen molar-refractivity contribution in [3.8, 4) is 17.2 Å². The molecule has 0 bridgehead atoms. The minimum atomic E-state index is -4.78. The zero-order chi connectivity index (χ0) is 23.4. The van der Waals surface area contributed by atoms with Gasteiger partial charge < -0.3 is 19.1 Å². The Morgan fingerprint density at radius 1 is 1.03 bits per heavy atom. The van der Waals surface area contributed by atoms with E-state index in [1.54, 1.807) is 17.2 Å². The molecule has 33 heavy (non-hydrogen) atoms. The van der Waals surface area contributed by atoms with Gasteiger partial charge in [-0.25, -0.2) is 4.39 Å². The van der Waals surface area contributed by atoms with Crippen LogP contribution in [0.15, 0.2) is 67.0 Å². The van der Waals surface area contributed by atoms with Crippen molar-refractivity contribution in [1.29, 1.82) is 0 Å². The largest absolute Gasteiger partial charge is 0.573 e. The molecule has 1 atom stereocenters. The topological polar surface area (TPSA) is 60.9 Å². The highest BCUT2D eigenvalue weighted by atomic mass is 19.4. The molecule has 1 aliphatic heterocycles. The maximum Gasteiger partial charge on any atom is 0.573 e. The van der Waals surface area contributed by atoms with E-state index in [0.717, 1.165) is 0 Å². The molecule has 4 rings (SSSR count). The Morgan fingerprint density at radius 2 is 1.73 bits per heavy atom. The van der Waals surface area contributed by atoms with Gasteiger partial charge >= 0.3 is 6.36 Å². The molecule has 172 valence electrons. The van der Waals surface area contributed by atoms with Gasteiger partial charge in [-0.3, -0.25) is 9.78 Å². The fourth-order valence-corrected chi connectivity index (χ4v) is 3.42. The van der Waals surface area contributed by atoms with Crippen LogP contribution in [0.1, 0.15) is 17.2 Å². The summed E-state index contributed by atoms with van der Waals surface area (Å²) in [6.07, 6.45) is -1.70. The van der Waals surface area contributed by atoms with Crippen LogP contribution in [0.5, 0.6) is 17.2 Å². The van der Waals surface area contributed by atoms with Gasteiger partial charge in [-0.05, 0) is 48.0 Å². The summed E-state index contributed by atoms with van der Waals surface area (Å²) in [7, 11) is 0. The normalized spacial score (nSPS) is 16.5. The molecule has 10 heteroatoms. The van der Waals surface area contributed by atoms with Crippen molar-refractivity contribution < 1.29 is 36.6 Å². The molecule has 0 spiro atoms. The SMILES string of the molecule is O=C1COCC(c2cnccc2Oc2ccc(F)cc2)N1Cc1ccc(OC(F)(F)F)cc1. The highest BCUT2D eigenvalue weighted by Gasteiger charge is 2.33. The number of nitrogens with zero attached hydrogens (tertiary/aromatic N) is 2. The van der Waals surface area contributed by atoms with Crippen molar-refractivity contribution in [2.24, 2.45) is 0 Å². The number of pyridine rings is 1. The molecule has 0 N–H and O–H groups in total. The average Bonchev–Trinajstić information content (AvgIpc) is 2.77. The number of hydrogen-bond donors (Lipinski definition) is 0. The lowest BCUT2D eigenvalue weighted by molar-refractivity contribution is -0.274. The van der Waals surface area contributed by atoms with E-state index < -0.39 is 18.2 Å². The summed E-state index contributed by atoms with van der Waals surface area (Å²) in [6.45, 7) is 0.177. The summed E-state index contributed by atoms with van der Waals surface area (Å²) < 4.78 is 65.6. The minimum absolute atomic E-state index is 0.125. The second-order valence-corrected chi connectivity index (χ2v) is 7.21. The molecule has 1 fully saturated rings. The third-order valence-corrected chi connectivity index (χ3v) is 4.92. The number of amides is 1. The van der Waals surface area contributed by atoms with Gasteiger partial charge in [-0.1, -0.05) is 12.1 Å². The molecule has 1 saturated heterocycles. The van der Waals surface area contributed by atoms with E-state index in [4.69, 9.17) is 9.47 Å². The molecule has 0 saturated carbocycles. The van der Waals surface area contributed by atoms with Gasteiger partial charge in [-0.2, -0.15) is 0 Å². The molecule has 2 aromatic carbocycles. The van der Waals surface area contributed by atoms with Crippen molar-refractivity contribution in [1.82, 2.24) is 9.88 Å². The van der Waals surface area contributed by atoms with Gasteiger partial charge in [0.15, 0.2) is 0 Å². The summed E-state index contributed by atoms with van der Waals surface area (Å²) in [4.78, 5) is 18.4. The van der Waals surface area contributed by atoms with Crippen LogP contribution in [0.2, 0.25) is 0 Å². The number of alkyl halides is 3. The first kappa shape index (κ1) is 22.5. The highest BCUT2D eigenvalue weighted by molar-refractivity contribution is 5.78. The Morgan fingerprint density at radius 3 is 2.42 bits per heavy atom.